The summed E-state index contributed by atoms with van der Waals surface area (Å²) < 4.78 is 0. The SMILES string of the molecule is CC1CC(=O)Nc2nc(Cl)nc(N)c21. The third kappa shape index (κ3) is 1.39. The highest BCUT2D eigenvalue weighted by atomic mass is 35.5. The van der Waals surface area contributed by atoms with Gasteiger partial charge in [0, 0.05) is 12.0 Å². The molecule has 1 aliphatic rings. The summed E-state index contributed by atoms with van der Waals surface area (Å²) in [4.78, 5) is 19.0. The lowest BCUT2D eigenvalue weighted by molar-refractivity contribution is -0.116. The zero-order valence-electron chi connectivity index (χ0n) is 7.54. The number of anilines is 2. The van der Waals surface area contributed by atoms with Crippen LogP contribution in [0.2, 0.25) is 5.28 Å². The molecule has 74 valence electrons. The normalized spacial score (nSPS) is 20.1. The van der Waals surface area contributed by atoms with E-state index in [9.17, 15) is 4.79 Å². The molecule has 0 spiro atoms. The van der Waals surface area contributed by atoms with E-state index in [2.05, 4.69) is 15.3 Å². The van der Waals surface area contributed by atoms with E-state index >= 15 is 0 Å². The number of hydrogen-bond donors (Lipinski definition) is 2. The predicted molar refractivity (Wildman–Crippen MR) is 53.1 cm³/mol. The first-order valence-corrected chi connectivity index (χ1v) is 4.58. The number of amides is 1. The summed E-state index contributed by atoms with van der Waals surface area (Å²) >= 11 is 5.62. The van der Waals surface area contributed by atoms with E-state index < -0.39 is 0 Å². The van der Waals surface area contributed by atoms with Gasteiger partial charge in [0.15, 0.2) is 0 Å². The van der Waals surface area contributed by atoms with Crippen LogP contribution in [0.4, 0.5) is 11.6 Å². The van der Waals surface area contributed by atoms with Crippen LogP contribution < -0.4 is 11.1 Å². The number of nitrogen functional groups attached to an aromatic ring is 1. The van der Waals surface area contributed by atoms with Crippen molar-refractivity contribution in [3.8, 4) is 0 Å². The number of carbonyl (C=O) groups excluding carboxylic acids is 1. The molecule has 0 aliphatic carbocycles. The summed E-state index contributed by atoms with van der Waals surface area (Å²) in [5, 5.41) is 2.67. The van der Waals surface area contributed by atoms with Gasteiger partial charge in [-0.05, 0) is 17.5 Å². The Morgan fingerprint density at radius 1 is 1.57 bits per heavy atom. The number of nitrogens with one attached hydrogen (secondary N) is 1. The molecule has 2 heterocycles. The van der Waals surface area contributed by atoms with Gasteiger partial charge in [0.25, 0.3) is 0 Å². The predicted octanol–water partition coefficient (Wildman–Crippen LogP) is 1.16. The van der Waals surface area contributed by atoms with Gasteiger partial charge in [0.05, 0.1) is 0 Å². The molecule has 14 heavy (non-hydrogen) atoms. The van der Waals surface area contributed by atoms with Crippen molar-refractivity contribution in [1.82, 2.24) is 9.97 Å². The summed E-state index contributed by atoms with van der Waals surface area (Å²) in [7, 11) is 0. The lowest BCUT2D eigenvalue weighted by Crippen LogP contribution is -2.24. The van der Waals surface area contributed by atoms with Crippen LogP contribution in [0, 0.1) is 0 Å². The van der Waals surface area contributed by atoms with E-state index in [0.29, 0.717) is 18.1 Å². The molecule has 1 atom stereocenters. The molecule has 0 radical (unpaired) electrons. The molecule has 1 aromatic rings. The van der Waals surface area contributed by atoms with Crippen molar-refractivity contribution in [2.24, 2.45) is 0 Å². The Bertz CT molecular complexity index is 407. The zero-order valence-corrected chi connectivity index (χ0v) is 8.30. The standard InChI is InChI=1S/C8H9ClN4O/c1-3-2-4(14)11-7-5(3)6(10)12-8(9)13-7/h3H,2H2,1H3,(H3,10,11,12,13,14). The summed E-state index contributed by atoms with van der Waals surface area (Å²) in [6, 6.07) is 0. The Hall–Kier alpha value is -1.36. The molecule has 0 bridgehead atoms. The van der Waals surface area contributed by atoms with Crippen molar-refractivity contribution < 1.29 is 4.79 Å². The van der Waals surface area contributed by atoms with E-state index in [1.54, 1.807) is 0 Å². The van der Waals surface area contributed by atoms with E-state index in [4.69, 9.17) is 17.3 Å². The van der Waals surface area contributed by atoms with E-state index in [1.165, 1.54) is 0 Å². The van der Waals surface area contributed by atoms with Gasteiger partial charge in [-0.2, -0.15) is 4.98 Å². The van der Waals surface area contributed by atoms with Gasteiger partial charge in [-0.25, -0.2) is 4.98 Å². The Labute approximate surface area is 85.7 Å². The number of fused-ring (bicyclic) bond motifs is 1. The fourth-order valence-corrected chi connectivity index (χ4v) is 1.78. The van der Waals surface area contributed by atoms with E-state index in [0.717, 1.165) is 5.56 Å². The average molecular weight is 213 g/mol. The van der Waals surface area contributed by atoms with Crippen LogP contribution in [0.5, 0.6) is 0 Å². The molecule has 0 fully saturated rings. The van der Waals surface area contributed by atoms with Crippen LogP contribution in [-0.2, 0) is 4.79 Å². The maximum atomic E-state index is 11.2. The molecule has 0 saturated carbocycles. The fourth-order valence-electron chi connectivity index (χ4n) is 1.60. The second-order valence-electron chi connectivity index (χ2n) is 3.29. The van der Waals surface area contributed by atoms with Crippen LogP contribution in [0.15, 0.2) is 0 Å². The maximum Gasteiger partial charge on any atom is 0.226 e. The lowest BCUT2D eigenvalue weighted by Gasteiger charge is -2.22. The van der Waals surface area contributed by atoms with Crippen molar-refractivity contribution in [1.29, 1.82) is 0 Å². The van der Waals surface area contributed by atoms with Gasteiger partial charge < -0.3 is 11.1 Å². The first-order chi connectivity index (χ1) is 6.58. The molecule has 0 aromatic carbocycles. The van der Waals surface area contributed by atoms with E-state index in [1.807, 2.05) is 6.92 Å². The average Bonchev–Trinajstić information content (AvgIpc) is 1.99. The Kier molecular flexibility index (Phi) is 2.03. The maximum absolute atomic E-state index is 11.2. The second-order valence-corrected chi connectivity index (χ2v) is 3.63. The van der Waals surface area contributed by atoms with Crippen LogP contribution in [0.3, 0.4) is 0 Å². The van der Waals surface area contributed by atoms with Gasteiger partial charge in [0.2, 0.25) is 11.2 Å². The van der Waals surface area contributed by atoms with Crippen LogP contribution in [0.25, 0.3) is 0 Å². The lowest BCUT2D eigenvalue weighted by atomic mass is 9.95. The van der Waals surface area contributed by atoms with Crippen molar-refractivity contribution in [2.45, 2.75) is 19.3 Å². The molecular weight excluding hydrogens is 204 g/mol. The Morgan fingerprint density at radius 2 is 2.29 bits per heavy atom. The van der Waals surface area contributed by atoms with Gasteiger partial charge in [-0.15, -0.1) is 0 Å². The number of halogens is 1. The monoisotopic (exact) mass is 212 g/mol. The largest absolute Gasteiger partial charge is 0.383 e. The topological polar surface area (TPSA) is 80.9 Å². The van der Waals surface area contributed by atoms with Crippen molar-refractivity contribution >= 4 is 29.1 Å². The third-order valence-corrected chi connectivity index (χ3v) is 2.36. The molecule has 1 aliphatic heterocycles. The van der Waals surface area contributed by atoms with E-state index in [-0.39, 0.29) is 17.1 Å². The Morgan fingerprint density at radius 3 is 3.00 bits per heavy atom. The van der Waals surface area contributed by atoms with Crippen LogP contribution in [-0.4, -0.2) is 15.9 Å². The molecule has 5 nitrogen and oxygen atoms in total. The Balaban J connectivity index is 2.58. The summed E-state index contributed by atoms with van der Waals surface area (Å²) in [6.45, 7) is 1.91. The van der Waals surface area contributed by atoms with Gasteiger partial charge >= 0.3 is 0 Å². The molecule has 1 unspecified atom stereocenters. The number of nitrogens with zero attached hydrogens (tertiary/aromatic N) is 2. The molecule has 6 heteroatoms. The molecule has 0 saturated heterocycles. The van der Waals surface area contributed by atoms with Gasteiger partial charge in [-0.1, -0.05) is 6.92 Å². The summed E-state index contributed by atoms with van der Waals surface area (Å²) in [6.07, 6.45) is 0.405. The van der Waals surface area contributed by atoms with Gasteiger partial charge in [-0.3, -0.25) is 4.79 Å². The smallest absolute Gasteiger partial charge is 0.226 e. The fraction of sp³-hybridized carbons (Fsp3) is 0.375. The van der Waals surface area contributed by atoms with Crippen molar-refractivity contribution in [2.75, 3.05) is 11.1 Å². The number of nitrogens with two attached hydrogens (primary N) is 1. The molecule has 1 aromatic heterocycles. The quantitative estimate of drug-likeness (QED) is 0.633. The third-order valence-electron chi connectivity index (χ3n) is 2.19. The molecule has 2 rings (SSSR count). The van der Waals surface area contributed by atoms with Crippen LogP contribution >= 0.6 is 11.6 Å². The highest BCUT2D eigenvalue weighted by Gasteiger charge is 2.26. The summed E-state index contributed by atoms with van der Waals surface area (Å²) in [5.74, 6) is 0.744. The number of aromatic nitrogens is 2. The van der Waals surface area contributed by atoms with Crippen molar-refractivity contribution in [3.05, 3.63) is 10.8 Å². The number of rotatable bonds is 0. The molecule has 3 N–H and O–H groups in total. The zero-order chi connectivity index (χ0) is 10.3. The van der Waals surface area contributed by atoms with Crippen LogP contribution in [0.1, 0.15) is 24.8 Å². The van der Waals surface area contributed by atoms with Crippen molar-refractivity contribution in [3.63, 3.8) is 0 Å². The minimum absolute atomic E-state index is 0.0380. The molecular formula is C8H9ClN4O. The van der Waals surface area contributed by atoms with Gasteiger partial charge in [0.1, 0.15) is 11.6 Å². The minimum atomic E-state index is -0.0702. The highest BCUT2D eigenvalue weighted by Crippen LogP contribution is 2.34. The first-order valence-electron chi connectivity index (χ1n) is 4.20. The summed E-state index contributed by atoms with van der Waals surface area (Å²) in [5.41, 5.74) is 6.46. The first kappa shape index (κ1) is 9.21. The number of hydrogen-bond acceptors (Lipinski definition) is 4. The minimum Gasteiger partial charge on any atom is -0.383 e. The highest BCUT2D eigenvalue weighted by molar-refractivity contribution is 6.28. The second kappa shape index (κ2) is 3.09. The number of carbonyl (C=O) groups is 1. The molecule has 1 amide bonds.